The largest absolute Gasteiger partial charge is 0.489 e. The third-order valence-electron chi connectivity index (χ3n) is 2.59. The van der Waals surface area contributed by atoms with Gasteiger partial charge in [-0.25, -0.2) is 4.79 Å². The minimum atomic E-state index is -0.514. The van der Waals surface area contributed by atoms with Crippen molar-refractivity contribution in [1.29, 1.82) is 0 Å². The molecule has 0 spiro atoms. The number of aldehydes is 1. The van der Waals surface area contributed by atoms with Crippen molar-refractivity contribution in [2.45, 2.75) is 39.4 Å². The highest BCUT2D eigenvalue weighted by Crippen LogP contribution is 2.14. The van der Waals surface area contributed by atoms with Gasteiger partial charge in [0.1, 0.15) is 23.7 Å². The van der Waals surface area contributed by atoms with Gasteiger partial charge in [0.15, 0.2) is 0 Å². The molecule has 0 aliphatic rings. The smallest absolute Gasteiger partial charge is 0.410 e. The van der Waals surface area contributed by atoms with Gasteiger partial charge in [-0.05, 0) is 52.0 Å². The predicted octanol–water partition coefficient (Wildman–Crippen LogP) is 3.13. The maximum absolute atomic E-state index is 11.8. The van der Waals surface area contributed by atoms with Crippen LogP contribution in [0.3, 0.4) is 0 Å². The molecule has 1 aromatic rings. The van der Waals surface area contributed by atoms with Gasteiger partial charge in [-0.3, -0.25) is 4.79 Å². The van der Waals surface area contributed by atoms with Gasteiger partial charge in [0.2, 0.25) is 0 Å². The number of carbonyl (C=O) groups is 2. The van der Waals surface area contributed by atoms with Gasteiger partial charge >= 0.3 is 6.09 Å². The molecule has 0 bridgehead atoms. The van der Waals surface area contributed by atoms with E-state index in [1.54, 1.807) is 31.3 Å². The standard InChI is InChI=1S/C16H23NO4/c1-12(10-17(5)15(19)21-16(2,3)4)20-14-8-6-13(11-18)7-9-14/h6-9,11-12H,10H2,1-5H3. The zero-order chi connectivity index (χ0) is 16.0. The highest BCUT2D eigenvalue weighted by atomic mass is 16.6. The lowest BCUT2D eigenvalue weighted by molar-refractivity contribution is 0.0237. The molecule has 5 heteroatoms. The molecule has 0 aromatic heterocycles. The van der Waals surface area contributed by atoms with E-state index in [0.29, 0.717) is 17.9 Å². The molecule has 0 radical (unpaired) electrons. The summed E-state index contributed by atoms with van der Waals surface area (Å²) in [7, 11) is 1.67. The molecule has 0 fully saturated rings. The quantitative estimate of drug-likeness (QED) is 0.783. The van der Waals surface area contributed by atoms with Crippen LogP contribution in [0, 0.1) is 0 Å². The second kappa shape index (κ2) is 7.11. The SMILES string of the molecule is CC(CN(C)C(=O)OC(C)(C)C)Oc1ccc(C=O)cc1. The van der Waals surface area contributed by atoms with Crippen molar-refractivity contribution in [3.8, 4) is 5.75 Å². The number of amides is 1. The number of likely N-dealkylation sites (N-methyl/N-ethyl adjacent to an activating group) is 1. The number of benzene rings is 1. The number of rotatable bonds is 5. The Balaban J connectivity index is 2.50. The van der Waals surface area contributed by atoms with Gasteiger partial charge in [-0.1, -0.05) is 0 Å². The second-order valence-corrected chi connectivity index (χ2v) is 5.98. The molecular weight excluding hydrogens is 270 g/mol. The molecule has 1 unspecified atom stereocenters. The van der Waals surface area contributed by atoms with Gasteiger partial charge in [0.05, 0.1) is 6.54 Å². The minimum absolute atomic E-state index is 0.190. The van der Waals surface area contributed by atoms with Crippen molar-refractivity contribution in [1.82, 2.24) is 4.90 Å². The van der Waals surface area contributed by atoms with E-state index in [9.17, 15) is 9.59 Å². The summed E-state index contributed by atoms with van der Waals surface area (Å²) >= 11 is 0. The van der Waals surface area contributed by atoms with Gasteiger partial charge in [0.25, 0.3) is 0 Å². The van der Waals surface area contributed by atoms with Gasteiger partial charge in [0, 0.05) is 12.6 Å². The van der Waals surface area contributed by atoms with E-state index in [1.807, 2.05) is 27.7 Å². The van der Waals surface area contributed by atoms with Crippen LogP contribution in [0.4, 0.5) is 4.79 Å². The third-order valence-corrected chi connectivity index (χ3v) is 2.59. The maximum Gasteiger partial charge on any atom is 0.410 e. The third kappa shape index (κ3) is 6.29. The zero-order valence-electron chi connectivity index (χ0n) is 13.3. The summed E-state index contributed by atoms with van der Waals surface area (Å²) in [4.78, 5) is 23.9. The molecule has 1 aromatic carbocycles. The Kier molecular flexibility index (Phi) is 5.76. The lowest BCUT2D eigenvalue weighted by atomic mass is 10.2. The van der Waals surface area contributed by atoms with E-state index >= 15 is 0 Å². The first-order chi connectivity index (χ1) is 9.71. The van der Waals surface area contributed by atoms with E-state index in [-0.39, 0.29) is 12.2 Å². The normalized spacial score (nSPS) is 12.4. The number of hydrogen-bond donors (Lipinski definition) is 0. The fourth-order valence-electron chi connectivity index (χ4n) is 1.69. The van der Waals surface area contributed by atoms with Crippen LogP contribution in [0.25, 0.3) is 0 Å². The highest BCUT2D eigenvalue weighted by Gasteiger charge is 2.21. The Bertz CT molecular complexity index is 476. The maximum atomic E-state index is 11.8. The molecule has 0 aliphatic heterocycles. The van der Waals surface area contributed by atoms with E-state index < -0.39 is 5.60 Å². The van der Waals surface area contributed by atoms with Gasteiger partial charge < -0.3 is 14.4 Å². The van der Waals surface area contributed by atoms with Crippen LogP contribution < -0.4 is 4.74 Å². The molecule has 1 rings (SSSR count). The summed E-state index contributed by atoms with van der Waals surface area (Å²) in [6.45, 7) is 7.76. The molecule has 116 valence electrons. The fraction of sp³-hybridized carbons (Fsp3) is 0.500. The van der Waals surface area contributed by atoms with E-state index in [4.69, 9.17) is 9.47 Å². The fourth-order valence-corrected chi connectivity index (χ4v) is 1.69. The van der Waals surface area contributed by atoms with Crippen molar-refractivity contribution >= 4 is 12.4 Å². The summed E-state index contributed by atoms with van der Waals surface area (Å²) in [5, 5.41) is 0. The Morgan fingerprint density at radius 2 is 1.86 bits per heavy atom. The summed E-state index contributed by atoms with van der Waals surface area (Å²) in [5.74, 6) is 0.658. The van der Waals surface area contributed by atoms with Crippen LogP contribution >= 0.6 is 0 Å². The lowest BCUT2D eigenvalue weighted by Gasteiger charge is -2.26. The van der Waals surface area contributed by atoms with Crippen molar-refractivity contribution in [3.05, 3.63) is 29.8 Å². The Hall–Kier alpha value is -2.04. The molecule has 0 aliphatic carbocycles. The Morgan fingerprint density at radius 1 is 1.29 bits per heavy atom. The lowest BCUT2D eigenvalue weighted by Crippen LogP contribution is -2.39. The molecule has 0 heterocycles. The predicted molar refractivity (Wildman–Crippen MR) is 80.8 cm³/mol. The molecular formula is C16H23NO4. The van der Waals surface area contributed by atoms with Crippen LogP contribution in [0.15, 0.2) is 24.3 Å². The molecule has 1 atom stereocenters. The molecule has 21 heavy (non-hydrogen) atoms. The van der Waals surface area contributed by atoms with Crippen molar-refractivity contribution in [3.63, 3.8) is 0 Å². The molecule has 0 saturated carbocycles. The molecule has 0 saturated heterocycles. The monoisotopic (exact) mass is 293 g/mol. The van der Waals surface area contributed by atoms with Crippen LogP contribution in [0.5, 0.6) is 5.75 Å². The minimum Gasteiger partial charge on any atom is -0.489 e. The van der Waals surface area contributed by atoms with Crippen LogP contribution in [0.1, 0.15) is 38.1 Å². The average molecular weight is 293 g/mol. The Morgan fingerprint density at radius 3 is 2.33 bits per heavy atom. The van der Waals surface area contributed by atoms with Crippen molar-refractivity contribution in [2.24, 2.45) is 0 Å². The summed E-state index contributed by atoms with van der Waals surface area (Å²) in [5.41, 5.74) is 0.0842. The van der Waals surface area contributed by atoms with E-state index in [1.165, 1.54) is 4.90 Å². The summed E-state index contributed by atoms with van der Waals surface area (Å²) in [6.07, 6.45) is 0.211. The topological polar surface area (TPSA) is 55.8 Å². The number of carbonyl (C=O) groups excluding carboxylic acids is 2. The van der Waals surface area contributed by atoms with Crippen LogP contribution in [0.2, 0.25) is 0 Å². The number of ether oxygens (including phenoxy) is 2. The van der Waals surface area contributed by atoms with Crippen LogP contribution in [-0.2, 0) is 4.74 Å². The molecule has 0 N–H and O–H groups in total. The zero-order valence-corrected chi connectivity index (χ0v) is 13.3. The average Bonchev–Trinajstić information content (AvgIpc) is 2.37. The first kappa shape index (κ1) is 17.0. The molecule has 1 amide bonds. The first-order valence-corrected chi connectivity index (χ1v) is 6.87. The van der Waals surface area contributed by atoms with Crippen molar-refractivity contribution < 1.29 is 19.1 Å². The van der Waals surface area contributed by atoms with Gasteiger partial charge in [-0.15, -0.1) is 0 Å². The summed E-state index contributed by atoms with van der Waals surface area (Å²) in [6, 6.07) is 6.83. The highest BCUT2D eigenvalue weighted by molar-refractivity contribution is 5.74. The van der Waals surface area contributed by atoms with Gasteiger partial charge in [-0.2, -0.15) is 0 Å². The first-order valence-electron chi connectivity index (χ1n) is 6.87. The Labute approximate surface area is 125 Å². The second-order valence-electron chi connectivity index (χ2n) is 5.98. The number of hydrogen-bond acceptors (Lipinski definition) is 4. The number of nitrogens with zero attached hydrogens (tertiary/aromatic N) is 1. The van der Waals surface area contributed by atoms with E-state index in [2.05, 4.69) is 0 Å². The summed E-state index contributed by atoms with van der Waals surface area (Å²) < 4.78 is 11.0. The van der Waals surface area contributed by atoms with Crippen LogP contribution in [-0.4, -0.2) is 42.6 Å². The molecule has 5 nitrogen and oxygen atoms in total. The van der Waals surface area contributed by atoms with E-state index in [0.717, 1.165) is 6.29 Å². The van der Waals surface area contributed by atoms with Crippen molar-refractivity contribution in [2.75, 3.05) is 13.6 Å².